The van der Waals surface area contributed by atoms with Crippen molar-refractivity contribution in [2.24, 2.45) is 10.7 Å². The number of amidine groups is 1. The number of aliphatic hydroxyl groups excluding tert-OH is 2. The van der Waals surface area contributed by atoms with E-state index in [9.17, 15) is 9.50 Å². The second kappa shape index (κ2) is 4.55. The van der Waals surface area contributed by atoms with Gasteiger partial charge in [-0.1, -0.05) is 6.58 Å². The van der Waals surface area contributed by atoms with Crippen molar-refractivity contribution in [3.8, 4) is 0 Å². The maximum Gasteiger partial charge on any atom is 0.130 e. The lowest BCUT2D eigenvalue weighted by Gasteiger charge is -2.30. The van der Waals surface area contributed by atoms with Crippen LogP contribution in [-0.2, 0) is 0 Å². The minimum absolute atomic E-state index is 0.0291. The lowest BCUT2D eigenvalue weighted by Crippen LogP contribution is -2.34. The summed E-state index contributed by atoms with van der Waals surface area (Å²) in [7, 11) is 0. The first-order valence-corrected chi connectivity index (χ1v) is 5.63. The second-order valence-electron chi connectivity index (χ2n) is 4.43. The molecule has 6 heteroatoms. The summed E-state index contributed by atoms with van der Waals surface area (Å²) in [6, 6.07) is -0.679. The molecule has 0 fully saturated rings. The fourth-order valence-corrected chi connectivity index (χ4v) is 2.15. The monoisotopic (exact) mass is 253 g/mol. The molecule has 1 heterocycles. The van der Waals surface area contributed by atoms with Crippen molar-refractivity contribution in [3.05, 3.63) is 35.6 Å². The molecule has 0 saturated carbocycles. The Hall–Kier alpha value is -1.66. The van der Waals surface area contributed by atoms with Gasteiger partial charge in [0.15, 0.2) is 0 Å². The van der Waals surface area contributed by atoms with Crippen LogP contribution in [0.1, 0.15) is 13.3 Å². The van der Waals surface area contributed by atoms with Crippen LogP contribution in [0.4, 0.5) is 4.39 Å². The van der Waals surface area contributed by atoms with E-state index in [1.165, 1.54) is 4.90 Å². The van der Waals surface area contributed by atoms with Crippen LogP contribution in [0.2, 0.25) is 0 Å². The summed E-state index contributed by atoms with van der Waals surface area (Å²) in [4.78, 5) is 5.56. The lowest BCUT2D eigenvalue weighted by molar-refractivity contribution is 0.174. The molecule has 1 unspecified atom stereocenters. The van der Waals surface area contributed by atoms with Gasteiger partial charge in [-0.15, -0.1) is 0 Å². The van der Waals surface area contributed by atoms with Crippen LogP contribution in [0, 0.1) is 0 Å². The van der Waals surface area contributed by atoms with Gasteiger partial charge in [-0.05, 0) is 6.92 Å². The van der Waals surface area contributed by atoms with Crippen LogP contribution in [0.5, 0.6) is 0 Å². The third kappa shape index (κ3) is 1.93. The van der Waals surface area contributed by atoms with Gasteiger partial charge in [-0.25, -0.2) is 9.38 Å². The van der Waals surface area contributed by atoms with Crippen molar-refractivity contribution in [3.63, 3.8) is 0 Å². The summed E-state index contributed by atoms with van der Waals surface area (Å²) < 4.78 is 14.1. The molecular weight excluding hydrogens is 237 g/mol. The molecule has 0 bridgehead atoms. The first-order chi connectivity index (χ1) is 8.45. The Kier molecular flexibility index (Phi) is 3.23. The fourth-order valence-electron chi connectivity index (χ4n) is 2.15. The van der Waals surface area contributed by atoms with Gasteiger partial charge in [0.25, 0.3) is 0 Å². The van der Waals surface area contributed by atoms with Crippen molar-refractivity contribution in [2.45, 2.75) is 25.5 Å². The average molecular weight is 253 g/mol. The van der Waals surface area contributed by atoms with Crippen LogP contribution < -0.4 is 5.73 Å². The molecule has 0 saturated heterocycles. The van der Waals surface area contributed by atoms with Gasteiger partial charge < -0.3 is 20.8 Å². The normalized spacial score (nSPS) is 28.7. The molecular formula is C12H16FN3O2. The SMILES string of the molecule is C=C1N=C(N)C(C)=CN1C1C[C@H](O)C(CO)=C1F. The molecule has 2 aliphatic rings. The van der Waals surface area contributed by atoms with Crippen LogP contribution >= 0.6 is 0 Å². The highest BCUT2D eigenvalue weighted by Gasteiger charge is 2.37. The lowest BCUT2D eigenvalue weighted by atomic mass is 10.1. The fraction of sp³-hybridized carbons (Fsp3) is 0.417. The largest absolute Gasteiger partial charge is 0.392 e. The zero-order chi connectivity index (χ0) is 13.4. The number of nitrogens with zero attached hydrogens (tertiary/aromatic N) is 2. The Morgan fingerprint density at radius 3 is 2.89 bits per heavy atom. The van der Waals surface area contributed by atoms with E-state index in [0.29, 0.717) is 17.2 Å². The molecule has 0 spiro atoms. The first kappa shape index (κ1) is 12.8. The minimum Gasteiger partial charge on any atom is -0.392 e. The van der Waals surface area contributed by atoms with E-state index in [1.807, 2.05) is 0 Å². The molecule has 18 heavy (non-hydrogen) atoms. The van der Waals surface area contributed by atoms with Crippen molar-refractivity contribution < 1.29 is 14.6 Å². The van der Waals surface area contributed by atoms with Crippen LogP contribution in [-0.4, -0.2) is 39.7 Å². The number of nitrogens with two attached hydrogens (primary N) is 1. The third-order valence-electron chi connectivity index (χ3n) is 3.24. The predicted molar refractivity (Wildman–Crippen MR) is 66.0 cm³/mol. The summed E-state index contributed by atoms with van der Waals surface area (Å²) in [5, 5.41) is 18.7. The van der Waals surface area contributed by atoms with E-state index >= 15 is 0 Å². The maximum atomic E-state index is 14.1. The number of halogens is 1. The van der Waals surface area contributed by atoms with Crippen LogP contribution in [0.15, 0.2) is 40.6 Å². The molecule has 0 amide bonds. The maximum absolute atomic E-state index is 14.1. The van der Waals surface area contributed by atoms with E-state index in [0.717, 1.165) is 0 Å². The average Bonchev–Trinajstić information content (AvgIpc) is 2.59. The first-order valence-electron chi connectivity index (χ1n) is 5.63. The Labute approximate surface area is 104 Å². The molecule has 1 aliphatic carbocycles. The van der Waals surface area contributed by atoms with Crippen molar-refractivity contribution >= 4 is 5.84 Å². The van der Waals surface area contributed by atoms with Crippen molar-refractivity contribution in [1.82, 2.24) is 4.90 Å². The Bertz CT molecular complexity index is 482. The molecule has 0 radical (unpaired) electrons. The molecule has 0 aromatic rings. The van der Waals surface area contributed by atoms with E-state index in [1.54, 1.807) is 13.1 Å². The second-order valence-corrected chi connectivity index (χ2v) is 4.43. The highest BCUT2D eigenvalue weighted by atomic mass is 19.1. The molecule has 1 aliphatic heterocycles. The zero-order valence-corrected chi connectivity index (χ0v) is 10.1. The Morgan fingerprint density at radius 1 is 1.67 bits per heavy atom. The van der Waals surface area contributed by atoms with Gasteiger partial charge in [-0.3, -0.25) is 0 Å². The number of aliphatic imine (C=N–C) groups is 1. The van der Waals surface area contributed by atoms with Crippen molar-refractivity contribution in [1.29, 1.82) is 0 Å². The molecule has 0 aromatic heterocycles. The standard InChI is InChI=1S/C12H16FN3O2/c1-6-4-16(7(2)15-12(6)14)9-3-10(18)8(5-17)11(9)13/h4,9-10,17-18H,2-3,5H2,1H3,(H2,14,15)/t9?,10-/m0/s1. The summed E-state index contributed by atoms with van der Waals surface area (Å²) in [6.45, 7) is 4.99. The summed E-state index contributed by atoms with van der Waals surface area (Å²) in [5.74, 6) is 0.150. The highest BCUT2D eigenvalue weighted by molar-refractivity contribution is 5.97. The Balaban J connectivity index is 2.30. The predicted octanol–water partition coefficient (Wildman–Crippen LogP) is 0.383. The highest BCUT2D eigenvalue weighted by Crippen LogP contribution is 2.34. The van der Waals surface area contributed by atoms with Gasteiger partial charge in [0.1, 0.15) is 17.5 Å². The van der Waals surface area contributed by atoms with E-state index in [-0.39, 0.29) is 12.0 Å². The topological polar surface area (TPSA) is 82.1 Å². The molecule has 0 aromatic carbocycles. The molecule has 4 N–H and O–H groups in total. The van der Waals surface area contributed by atoms with E-state index in [2.05, 4.69) is 11.6 Å². The molecule has 98 valence electrons. The summed E-state index contributed by atoms with van der Waals surface area (Å²) in [6.07, 6.45) is 0.854. The minimum atomic E-state index is -0.968. The smallest absolute Gasteiger partial charge is 0.130 e. The van der Waals surface area contributed by atoms with Gasteiger partial charge in [0.2, 0.25) is 0 Å². The summed E-state index contributed by atoms with van der Waals surface area (Å²) >= 11 is 0. The Morgan fingerprint density at radius 2 is 2.33 bits per heavy atom. The number of hydrogen-bond donors (Lipinski definition) is 3. The van der Waals surface area contributed by atoms with Crippen molar-refractivity contribution in [2.75, 3.05) is 6.61 Å². The van der Waals surface area contributed by atoms with Crippen LogP contribution in [0.25, 0.3) is 0 Å². The molecule has 2 atom stereocenters. The molecule has 2 rings (SSSR count). The molecule has 5 nitrogen and oxygen atoms in total. The zero-order valence-electron chi connectivity index (χ0n) is 10.1. The number of hydrogen-bond acceptors (Lipinski definition) is 5. The van der Waals surface area contributed by atoms with E-state index in [4.69, 9.17) is 10.8 Å². The quantitative estimate of drug-likeness (QED) is 0.664. The number of aliphatic hydroxyl groups is 2. The summed E-state index contributed by atoms with van der Waals surface area (Å²) in [5.41, 5.74) is 6.38. The van der Waals surface area contributed by atoms with Gasteiger partial charge >= 0.3 is 0 Å². The van der Waals surface area contributed by atoms with Gasteiger partial charge in [0, 0.05) is 23.8 Å². The third-order valence-corrected chi connectivity index (χ3v) is 3.24. The van der Waals surface area contributed by atoms with Gasteiger partial charge in [0.05, 0.1) is 18.8 Å². The van der Waals surface area contributed by atoms with E-state index < -0.39 is 24.6 Å². The van der Waals surface area contributed by atoms with Gasteiger partial charge in [-0.2, -0.15) is 0 Å². The van der Waals surface area contributed by atoms with Crippen LogP contribution in [0.3, 0.4) is 0 Å². The number of rotatable bonds is 2.